The molecule has 1 aromatic heterocycles. The predicted octanol–water partition coefficient (Wildman–Crippen LogP) is 5.33. The third-order valence-electron chi connectivity index (χ3n) is 4.12. The maximum atomic E-state index is 12.4. The number of esters is 1. The lowest BCUT2D eigenvalue weighted by Crippen LogP contribution is -2.11. The van der Waals surface area contributed by atoms with Crippen molar-refractivity contribution >= 4 is 40.3 Å². The molecule has 0 saturated carbocycles. The molecule has 29 heavy (non-hydrogen) atoms. The standard InChI is InChI=1S/C22H15ClN2O4/c1-13(26)28-18-9-4-14(5-10-18)21(27)24-17-7-2-15(3-8-17)22-25-19-12-16(23)6-11-20(19)29-22/h2-12H,1H3,(H,24,27). The van der Waals surface area contributed by atoms with E-state index in [-0.39, 0.29) is 5.91 Å². The predicted molar refractivity (Wildman–Crippen MR) is 110 cm³/mol. The summed E-state index contributed by atoms with van der Waals surface area (Å²) in [5.41, 5.74) is 3.19. The summed E-state index contributed by atoms with van der Waals surface area (Å²) < 4.78 is 10.7. The molecule has 0 radical (unpaired) electrons. The molecule has 0 fully saturated rings. The highest BCUT2D eigenvalue weighted by Crippen LogP contribution is 2.27. The van der Waals surface area contributed by atoms with E-state index in [0.717, 1.165) is 5.56 Å². The van der Waals surface area contributed by atoms with E-state index in [2.05, 4.69) is 10.3 Å². The number of nitrogens with zero attached hydrogens (tertiary/aromatic N) is 1. The molecule has 0 aliphatic heterocycles. The first-order valence-electron chi connectivity index (χ1n) is 8.74. The second-order valence-electron chi connectivity index (χ2n) is 6.28. The molecule has 1 amide bonds. The molecule has 4 aromatic rings. The number of ether oxygens (including phenoxy) is 1. The van der Waals surface area contributed by atoms with Crippen LogP contribution in [0.15, 0.2) is 71.1 Å². The van der Waals surface area contributed by atoms with Gasteiger partial charge in [-0.1, -0.05) is 11.6 Å². The summed E-state index contributed by atoms with van der Waals surface area (Å²) >= 11 is 5.98. The summed E-state index contributed by atoms with van der Waals surface area (Å²) in [5.74, 6) is 0.173. The molecule has 0 atom stereocenters. The SMILES string of the molecule is CC(=O)Oc1ccc(C(=O)Nc2ccc(-c3nc4cc(Cl)ccc4o3)cc2)cc1. The molecule has 0 aliphatic rings. The zero-order valence-electron chi connectivity index (χ0n) is 15.3. The van der Waals surface area contributed by atoms with Gasteiger partial charge in [-0.2, -0.15) is 0 Å². The van der Waals surface area contributed by atoms with Crippen LogP contribution in [-0.2, 0) is 4.79 Å². The topological polar surface area (TPSA) is 81.4 Å². The third-order valence-corrected chi connectivity index (χ3v) is 4.35. The number of fused-ring (bicyclic) bond motifs is 1. The minimum atomic E-state index is -0.413. The highest BCUT2D eigenvalue weighted by atomic mass is 35.5. The Morgan fingerprint density at radius 1 is 1.00 bits per heavy atom. The summed E-state index contributed by atoms with van der Waals surface area (Å²) in [5, 5.41) is 3.41. The van der Waals surface area contributed by atoms with Crippen molar-refractivity contribution < 1.29 is 18.7 Å². The van der Waals surface area contributed by atoms with Gasteiger partial charge in [0, 0.05) is 28.8 Å². The van der Waals surface area contributed by atoms with Gasteiger partial charge in [-0.15, -0.1) is 0 Å². The molecule has 0 aliphatic carbocycles. The Labute approximate surface area is 171 Å². The number of hydrogen-bond donors (Lipinski definition) is 1. The van der Waals surface area contributed by atoms with Crippen LogP contribution in [0.2, 0.25) is 5.02 Å². The molecular weight excluding hydrogens is 392 g/mol. The van der Waals surface area contributed by atoms with Crippen molar-refractivity contribution in [2.24, 2.45) is 0 Å². The van der Waals surface area contributed by atoms with Crippen molar-refractivity contribution in [1.29, 1.82) is 0 Å². The van der Waals surface area contributed by atoms with E-state index in [1.54, 1.807) is 54.6 Å². The van der Waals surface area contributed by atoms with Crippen LogP contribution in [0.4, 0.5) is 5.69 Å². The molecule has 0 bridgehead atoms. The van der Waals surface area contributed by atoms with E-state index in [1.165, 1.54) is 6.92 Å². The molecule has 0 spiro atoms. The zero-order chi connectivity index (χ0) is 20.4. The summed E-state index contributed by atoms with van der Waals surface area (Å²) in [6.07, 6.45) is 0. The number of nitrogens with one attached hydrogen (secondary N) is 1. The van der Waals surface area contributed by atoms with Crippen molar-refractivity contribution in [3.05, 3.63) is 77.3 Å². The van der Waals surface area contributed by atoms with Gasteiger partial charge in [-0.05, 0) is 66.7 Å². The fourth-order valence-electron chi connectivity index (χ4n) is 2.76. The lowest BCUT2D eigenvalue weighted by molar-refractivity contribution is -0.131. The van der Waals surface area contributed by atoms with Crippen LogP contribution in [0.5, 0.6) is 5.75 Å². The maximum Gasteiger partial charge on any atom is 0.308 e. The fourth-order valence-corrected chi connectivity index (χ4v) is 2.93. The first-order valence-corrected chi connectivity index (χ1v) is 9.12. The van der Waals surface area contributed by atoms with Gasteiger partial charge >= 0.3 is 5.97 Å². The number of aromatic nitrogens is 1. The second kappa shape index (κ2) is 7.77. The van der Waals surface area contributed by atoms with Crippen LogP contribution in [0.1, 0.15) is 17.3 Å². The minimum absolute atomic E-state index is 0.274. The number of carbonyl (C=O) groups is 2. The average Bonchev–Trinajstić information content (AvgIpc) is 3.11. The monoisotopic (exact) mass is 406 g/mol. The van der Waals surface area contributed by atoms with Crippen LogP contribution in [0.25, 0.3) is 22.6 Å². The van der Waals surface area contributed by atoms with E-state index in [4.69, 9.17) is 20.8 Å². The summed E-state index contributed by atoms with van der Waals surface area (Å²) in [6, 6.07) is 18.7. The molecule has 0 saturated heterocycles. The lowest BCUT2D eigenvalue weighted by Gasteiger charge is -2.07. The quantitative estimate of drug-likeness (QED) is 0.366. The molecule has 1 heterocycles. The first-order chi connectivity index (χ1) is 14.0. The molecular formula is C22H15ClN2O4. The van der Waals surface area contributed by atoms with Gasteiger partial charge in [0.05, 0.1) is 0 Å². The Morgan fingerprint density at radius 2 is 1.72 bits per heavy atom. The molecule has 1 N–H and O–H groups in total. The van der Waals surface area contributed by atoms with Crippen molar-refractivity contribution in [3.63, 3.8) is 0 Å². The van der Waals surface area contributed by atoms with Gasteiger partial charge in [0.1, 0.15) is 11.3 Å². The Bertz CT molecular complexity index is 1200. The van der Waals surface area contributed by atoms with Crippen LogP contribution in [0.3, 0.4) is 0 Å². The molecule has 144 valence electrons. The Hall–Kier alpha value is -3.64. The molecule has 3 aromatic carbocycles. The fraction of sp³-hybridized carbons (Fsp3) is 0.0455. The van der Waals surface area contributed by atoms with Gasteiger partial charge in [0.25, 0.3) is 5.91 Å². The number of benzene rings is 3. The third kappa shape index (κ3) is 4.28. The van der Waals surface area contributed by atoms with E-state index >= 15 is 0 Å². The molecule has 4 rings (SSSR count). The summed E-state index contributed by atoms with van der Waals surface area (Å²) in [6.45, 7) is 1.32. The van der Waals surface area contributed by atoms with Crippen molar-refractivity contribution in [1.82, 2.24) is 4.98 Å². The van der Waals surface area contributed by atoms with Gasteiger partial charge in [0.15, 0.2) is 5.58 Å². The Morgan fingerprint density at radius 3 is 2.41 bits per heavy atom. The number of rotatable bonds is 4. The van der Waals surface area contributed by atoms with E-state index < -0.39 is 5.97 Å². The lowest BCUT2D eigenvalue weighted by atomic mass is 10.1. The normalized spacial score (nSPS) is 10.7. The molecule has 0 unspecified atom stereocenters. The highest BCUT2D eigenvalue weighted by Gasteiger charge is 2.10. The summed E-state index contributed by atoms with van der Waals surface area (Å²) in [4.78, 5) is 27.8. The van der Waals surface area contributed by atoms with Crippen LogP contribution < -0.4 is 10.1 Å². The van der Waals surface area contributed by atoms with Crippen molar-refractivity contribution in [2.75, 3.05) is 5.32 Å². The second-order valence-corrected chi connectivity index (χ2v) is 6.72. The number of oxazole rings is 1. The van der Waals surface area contributed by atoms with E-state index in [1.807, 2.05) is 12.1 Å². The smallest absolute Gasteiger partial charge is 0.308 e. The van der Waals surface area contributed by atoms with Gasteiger partial charge in [-0.3, -0.25) is 9.59 Å². The Balaban J connectivity index is 1.47. The van der Waals surface area contributed by atoms with Crippen LogP contribution in [-0.4, -0.2) is 16.9 Å². The minimum Gasteiger partial charge on any atom is -0.436 e. The number of amides is 1. The van der Waals surface area contributed by atoms with E-state index in [0.29, 0.717) is 39.0 Å². The first kappa shape index (κ1) is 18.7. The van der Waals surface area contributed by atoms with Crippen molar-refractivity contribution in [3.8, 4) is 17.2 Å². The van der Waals surface area contributed by atoms with Crippen LogP contribution in [0, 0.1) is 0 Å². The zero-order valence-corrected chi connectivity index (χ0v) is 16.1. The summed E-state index contributed by atoms with van der Waals surface area (Å²) in [7, 11) is 0. The maximum absolute atomic E-state index is 12.4. The van der Waals surface area contributed by atoms with E-state index in [9.17, 15) is 9.59 Å². The molecule has 7 heteroatoms. The number of halogens is 1. The largest absolute Gasteiger partial charge is 0.436 e. The highest BCUT2D eigenvalue weighted by molar-refractivity contribution is 6.31. The van der Waals surface area contributed by atoms with Crippen LogP contribution >= 0.6 is 11.6 Å². The Kier molecular flexibility index (Phi) is 5.01. The van der Waals surface area contributed by atoms with Gasteiger partial charge < -0.3 is 14.5 Å². The number of carbonyl (C=O) groups excluding carboxylic acids is 2. The van der Waals surface area contributed by atoms with Gasteiger partial charge in [-0.25, -0.2) is 4.98 Å². The number of anilines is 1. The van der Waals surface area contributed by atoms with Gasteiger partial charge in [0.2, 0.25) is 5.89 Å². The molecule has 6 nitrogen and oxygen atoms in total. The number of hydrogen-bond acceptors (Lipinski definition) is 5. The average molecular weight is 407 g/mol. The van der Waals surface area contributed by atoms with Crippen molar-refractivity contribution in [2.45, 2.75) is 6.92 Å².